The maximum Gasteiger partial charge on any atom is 0.240 e. The van der Waals surface area contributed by atoms with Gasteiger partial charge in [0.15, 0.2) is 5.82 Å². The van der Waals surface area contributed by atoms with Gasteiger partial charge in [-0.2, -0.15) is 0 Å². The van der Waals surface area contributed by atoms with Crippen molar-refractivity contribution in [1.29, 1.82) is 0 Å². The van der Waals surface area contributed by atoms with Gasteiger partial charge in [0.2, 0.25) is 11.1 Å². The minimum Gasteiger partial charge on any atom is -0.497 e. The molecule has 1 aromatic heterocycles. The lowest BCUT2D eigenvalue weighted by atomic mass is 10.0. The fourth-order valence-electron chi connectivity index (χ4n) is 3.31. The Labute approximate surface area is 173 Å². The Hall–Kier alpha value is -3.00. The summed E-state index contributed by atoms with van der Waals surface area (Å²) in [5, 5.41) is 11.8. The molecular weight excluding hydrogens is 386 g/mol. The van der Waals surface area contributed by atoms with Gasteiger partial charge in [0.05, 0.1) is 13.2 Å². The molecular formula is C21H23N5O2S. The summed E-state index contributed by atoms with van der Waals surface area (Å²) in [6, 6.07) is 15.3. The van der Waals surface area contributed by atoms with E-state index in [0.29, 0.717) is 5.16 Å². The van der Waals surface area contributed by atoms with Crippen LogP contribution in [0, 0.1) is 6.92 Å². The third-order valence-corrected chi connectivity index (χ3v) is 6.17. The monoisotopic (exact) mass is 409 g/mol. The molecule has 150 valence electrons. The van der Waals surface area contributed by atoms with E-state index in [1.807, 2.05) is 67.1 Å². The third-order valence-electron chi connectivity index (χ3n) is 4.96. The number of benzene rings is 2. The Morgan fingerprint density at radius 1 is 1.21 bits per heavy atom. The summed E-state index contributed by atoms with van der Waals surface area (Å²) >= 11 is 1.42. The molecule has 0 saturated carbocycles. The van der Waals surface area contributed by atoms with E-state index in [0.717, 1.165) is 34.8 Å². The van der Waals surface area contributed by atoms with E-state index in [1.54, 1.807) is 7.11 Å². The lowest BCUT2D eigenvalue weighted by Crippen LogP contribution is -2.41. The summed E-state index contributed by atoms with van der Waals surface area (Å²) in [5.74, 6) is 1.53. The normalized spacial score (nSPS) is 17.9. The number of hydrogen-bond acceptors (Lipinski definition) is 6. The fourth-order valence-corrected chi connectivity index (χ4v) is 4.40. The lowest BCUT2D eigenvalue weighted by Gasteiger charge is -2.33. The summed E-state index contributed by atoms with van der Waals surface area (Å²) in [6.07, 6.45) is 0.746. The maximum absolute atomic E-state index is 13.3. The van der Waals surface area contributed by atoms with Crippen molar-refractivity contribution in [2.24, 2.45) is 0 Å². The highest BCUT2D eigenvalue weighted by Gasteiger charge is 2.37. The number of para-hydroxylation sites is 1. The smallest absolute Gasteiger partial charge is 0.240 e. The van der Waals surface area contributed by atoms with E-state index >= 15 is 0 Å². The molecule has 1 aliphatic heterocycles. The lowest BCUT2D eigenvalue weighted by molar-refractivity contribution is -0.116. The van der Waals surface area contributed by atoms with Crippen molar-refractivity contribution >= 4 is 23.4 Å². The molecule has 1 aliphatic rings. The van der Waals surface area contributed by atoms with Crippen molar-refractivity contribution in [2.75, 3.05) is 17.9 Å². The van der Waals surface area contributed by atoms with Crippen LogP contribution in [0.3, 0.4) is 0 Å². The summed E-state index contributed by atoms with van der Waals surface area (Å²) < 4.78 is 7.16. The minimum absolute atomic E-state index is 0.0788. The molecule has 8 heteroatoms. The van der Waals surface area contributed by atoms with Crippen LogP contribution in [-0.2, 0) is 11.2 Å². The molecule has 4 rings (SSSR count). The molecule has 1 amide bonds. The summed E-state index contributed by atoms with van der Waals surface area (Å²) in [6.45, 7) is 4.01. The topological polar surface area (TPSA) is 81.1 Å². The van der Waals surface area contributed by atoms with Gasteiger partial charge in [0, 0.05) is 12.1 Å². The van der Waals surface area contributed by atoms with E-state index < -0.39 is 5.25 Å². The van der Waals surface area contributed by atoms with Crippen molar-refractivity contribution < 1.29 is 9.53 Å². The first-order valence-corrected chi connectivity index (χ1v) is 10.4. The van der Waals surface area contributed by atoms with Gasteiger partial charge < -0.3 is 15.5 Å². The molecule has 2 atom stereocenters. The number of nitrogens with one attached hydrogen (secondary N) is 2. The molecule has 29 heavy (non-hydrogen) atoms. The fraction of sp³-hybridized carbons (Fsp3) is 0.286. The predicted molar refractivity (Wildman–Crippen MR) is 114 cm³/mol. The average molecular weight is 410 g/mol. The molecule has 0 aliphatic carbocycles. The number of rotatable bonds is 5. The van der Waals surface area contributed by atoms with E-state index in [4.69, 9.17) is 4.74 Å². The second-order valence-corrected chi connectivity index (χ2v) is 7.92. The molecule has 2 N–H and O–H groups in total. The Balaban J connectivity index is 1.68. The Morgan fingerprint density at radius 2 is 1.97 bits per heavy atom. The highest BCUT2D eigenvalue weighted by Crippen LogP contribution is 2.38. The van der Waals surface area contributed by atoms with Gasteiger partial charge in [-0.3, -0.25) is 4.79 Å². The molecule has 0 spiro atoms. The molecule has 7 nitrogen and oxygen atoms in total. The first-order valence-electron chi connectivity index (χ1n) is 9.48. The van der Waals surface area contributed by atoms with Gasteiger partial charge in [0.25, 0.3) is 0 Å². The van der Waals surface area contributed by atoms with Crippen molar-refractivity contribution in [1.82, 2.24) is 14.9 Å². The zero-order valence-electron chi connectivity index (χ0n) is 16.5. The average Bonchev–Trinajstić information content (AvgIpc) is 3.16. The molecule has 2 aromatic carbocycles. The first-order chi connectivity index (χ1) is 14.1. The predicted octanol–water partition coefficient (Wildman–Crippen LogP) is 3.56. The highest BCUT2D eigenvalue weighted by atomic mass is 32.2. The summed E-state index contributed by atoms with van der Waals surface area (Å²) in [4.78, 5) is 13.3. The largest absolute Gasteiger partial charge is 0.497 e. The number of carbonyl (C=O) groups excluding carboxylic acids is 1. The number of nitrogens with zero attached hydrogens (tertiary/aromatic N) is 3. The quantitative estimate of drug-likeness (QED) is 0.671. The number of aryl methyl sites for hydroxylation is 2. The number of hydrogen-bond donors (Lipinski definition) is 2. The van der Waals surface area contributed by atoms with E-state index in [1.165, 1.54) is 11.8 Å². The molecule has 0 unspecified atom stereocenters. The molecule has 2 heterocycles. The second kappa shape index (κ2) is 8.16. The van der Waals surface area contributed by atoms with Gasteiger partial charge in [-0.15, -0.1) is 10.2 Å². The van der Waals surface area contributed by atoms with Crippen LogP contribution in [0.25, 0.3) is 0 Å². The number of ether oxygens (including phenoxy) is 1. The van der Waals surface area contributed by atoms with Crippen molar-refractivity contribution in [3.63, 3.8) is 0 Å². The van der Waals surface area contributed by atoms with Crippen LogP contribution in [0.1, 0.15) is 29.9 Å². The number of carbonyl (C=O) groups is 1. The molecule has 0 bridgehead atoms. The zero-order chi connectivity index (χ0) is 20.4. The van der Waals surface area contributed by atoms with Gasteiger partial charge >= 0.3 is 0 Å². The van der Waals surface area contributed by atoms with Crippen LogP contribution < -0.4 is 15.5 Å². The number of fused-ring (bicyclic) bond motifs is 1. The van der Waals surface area contributed by atoms with Gasteiger partial charge in [0.1, 0.15) is 11.0 Å². The highest BCUT2D eigenvalue weighted by molar-refractivity contribution is 8.00. The van der Waals surface area contributed by atoms with E-state index in [-0.39, 0.29) is 11.9 Å². The second-order valence-electron chi connectivity index (χ2n) is 6.81. The number of methoxy groups -OCH3 is 1. The Morgan fingerprint density at radius 3 is 2.66 bits per heavy atom. The van der Waals surface area contributed by atoms with Crippen LogP contribution in [0.4, 0.5) is 5.69 Å². The van der Waals surface area contributed by atoms with Gasteiger partial charge in [-0.05, 0) is 36.2 Å². The maximum atomic E-state index is 13.3. The standard InChI is InChI=1S/C21H23N5O2S/c1-4-17-23-24-21-26(17)25-18(14-9-11-15(28-3)12-10-14)19(29-21)20(27)22-16-8-6-5-7-13(16)2/h5-12,18-19,25H,4H2,1-3H3,(H,22,27)/t18-,19-/m0/s1. The van der Waals surface area contributed by atoms with Gasteiger partial charge in [-0.25, -0.2) is 4.68 Å². The first kappa shape index (κ1) is 19.3. The Kier molecular flexibility index (Phi) is 5.44. The minimum atomic E-state index is -0.413. The third kappa shape index (κ3) is 3.80. The molecule has 0 fully saturated rings. The molecule has 0 radical (unpaired) electrons. The van der Waals surface area contributed by atoms with Gasteiger partial charge in [-0.1, -0.05) is 49.0 Å². The summed E-state index contributed by atoms with van der Waals surface area (Å²) in [7, 11) is 1.64. The number of anilines is 1. The number of aromatic nitrogens is 3. The van der Waals surface area contributed by atoms with E-state index in [9.17, 15) is 4.79 Å². The van der Waals surface area contributed by atoms with Crippen LogP contribution in [0.15, 0.2) is 53.7 Å². The van der Waals surface area contributed by atoms with Crippen molar-refractivity contribution in [2.45, 2.75) is 36.7 Å². The van der Waals surface area contributed by atoms with Crippen molar-refractivity contribution in [3.05, 3.63) is 65.5 Å². The zero-order valence-corrected chi connectivity index (χ0v) is 17.4. The van der Waals surface area contributed by atoms with Crippen molar-refractivity contribution in [3.8, 4) is 5.75 Å². The van der Waals surface area contributed by atoms with Crippen LogP contribution >= 0.6 is 11.8 Å². The van der Waals surface area contributed by atoms with Crippen LogP contribution in [-0.4, -0.2) is 33.1 Å². The van der Waals surface area contributed by atoms with Crippen LogP contribution in [0.2, 0.25) is 0 Å². The van der Waals surface area contributed by atoms with E-state index in [2.05, 4.69) is 20.9 Å². The number of amides is 1. The summed E-state index contributed by atoms with van der Waals surface area (Å²) in [5.41, 5.74) is 6.27. The number of thioether (sulfide) groups is 1. The Bertz CT molecular complexity index is 1020. The SMILES string of the molecule is CCc1nnc2n1N[C@@H](c1ccc(OC)cc1)[C@@H](C(=O)Nc1ccccc1C)S2. The van der Waals surface area contributed by atoms with Crippen LogP contribution in [0.5, 0.6) is 5.75 Å². The molecule has 0 saturated heterocycles. The molecule has 3 aromatic rings.